The van der Waals surface area contributed by atoms with Crippen LogP contribution in [0.3, 0.4) is 0 Å². The second-order valence-electron chi connectivity index (χ2n) is 7.63. The number of piperidine rings is 1. The van der Waals surface area contributed by atoms with Crippen LogP contribution in [-0.4, -0.2) is 52.3 Å². The highest BCUT2D eigenvalue weighted by Gasteiger charge is 2.27. The number of anilines is 1. The normalized spacial score (nSPS) is 19.0. The monoisotopic (exact) mass is 359 g/mol. The first kappa shape index (κ1) is 16.6. The van der Waals surface area contributed by atoms with Crippen molar-refractivity contribution in [2.24, 2.45) is 0 Å². The number of hydrogen-bond acceptors (Lipinski definition) is 5. The van der Waals surface area contributed by atoms with E-state index in [-0.39, 0.29) is 0 Å². The van der Waals surface area contributed by atoms with Crippen molar-refractivity contribution >= 4 is 16.7 Å². The van der Waals surface area contributed by atoms with Crippen molar-refractivity contribution in [2.75, 3.05) is 31.1 Å². The van der Waals surface area contributed by atoms with Gasteiger partial charge in [0.05, 0.1) is 11.9 Å². The Kier molecular flexibility index (Phi) is 4.46. The van der Waals surface area contributed by atoms with Gasteiger partial charge in [0, 0.05) is 24.7 Å². The van der Waals surface area contributed by atoms with Crippen LogP contribution in [0.15, 0.2) is 48.7 Å². The predicted octanol–water partition coefficient (Wildman–Crippen LogP) is 3.76. The zero-order chi connectivity index (χ0) is 18.1. The van der Waals surface area contributed by atoms with Gasteiger partial charge in [-0.2, -0.15) is 5.10 Å². The van der Waals surface area contributed by atoms with Gasteiger partial charge in [-0.25, -0.2) is 4.98 Å². The van der Waals surface area contributed by atoms with Crippen molar-refractivity contribution in [3.63, 3.8) is 0 Å². The molecule has 5 heteroatoms. The number of rotatable bonds is 3. The molecule has 0 N–H and O–H groups in total. The van der Waals surface area contributed by atoms with E-state index < -0.39 is 0 Å². The molecule has 0 atom stereocenters. The third kappa shape index (κ3) is 3.28. The second kappa shape index (κ2) is 7.24. The predicted molar refractivity (Wildman–Crippen MR) is 109 cm³/mol. The molecular formula is C22H25N5. The summed E-state index contributed by atoms with van der Waals surface area (Å²) >= 11 is 0. The summed E-state index contributed by atoms with van der Waals surface area (Å²) < 4.78 is 0. The topological polar surface area (TPSA) is 45.2 Å². The summed E-state index contributed by atoms with van der Waals surface area (Å²) in [7, 11) is 0. The fourth-order valence-corrected chi connectivity index (χ4v) is 4.54. The molecule has 138 valence electrons. The zero-order valence-corrected chi connectivity index (χ0v) is 15.6. The van der Waals surface area contributed by atoms with Gasteiger partial charge >= 0.3 is 0 Å². The fourth-order valence-electron chi connectivity index (χ4n) is 4.54. The smallest absolute Gasteiger partial charge is 0.245 e. The number of fused-ring (bicyclic) bond motifs is 1. The Morgan fingerprint density at radius 3 is 2.48 bits per heavy atom. The van der Waals surface area contributed by atoms with Crippen molar-refractivity contribution in [1.29, 1.82) is 0 Å². The number of hydrogen-bond donors (Lipinski definition) is 0. The lowest BCUT2D eigenvalue weighted by molar-refractivity contribution is 0.207. The molecule has 1 aromatic heterocycles. The largest absolute Gasteiger partial charge is 0.339 e. The summed E-state index contributed by atoms with van der Waals surface area (Å²) in [4.78, 5) is 9.85. The minimum atomic E-state index is 0.734. The summed E-state index contributed by atoms with van der Waals surface area (Å²) in [6.45, 7) is 4.59. The molecule has 3 heterocycles. The van der Waals surface area contributed by atoms with Crippen LogP contribution in [0, 0.1) is 0 Å². The number of likely N-dealkylation sites (tertiary alicyclic amines) is 1. The summed E-state index contributed by atoms with van der Waals surface area (Å²) in [6.07, 6.45) is 6.90. The highest BCUT2D eigenvalue weighted by molar-refractivity contribution is 5.95. The lowest BCUT2D eigenvalue weighted by atomic mass is 10.0. The van der Waals surface area contributed by atoms with E-state index in [4.69, 9.17) is 4.98 Å². The average molecular weight is 359 g/mol. The van der Waals surface area contributed by atoms with Gasteiger partial charge in [0.1, 0.15) is 0 Å². The van der Waals surface area contributed by atoms with E-state index in [1.807, 2.05) is 0 Å². The first-order chi connectivity index (χ1) is 13.4. The Morgan fingerprint density at radius 2 is 1.63 bits per heavy atom. The van der Waals surface area contributed by atoms with Crippen molar-refractivity contribution in [2.45, 2.75) is 31.7 Å². The molecule has 0 spiro atoms. The van der Waals surface area contributed by atoms with E-state index in [2.05, 4.69) is 62.5 Å². The Bertz CT molecular complexity index is 921. The third-order valence-electron chi connectivity index (χ3n) is 6.02. The molecule has 2 aliphatic heterocycles. The SMILES string of the molecule is c1ccc2c(-c3cnnc(N4CCC(N5CCCC5)CC4)n3)cccc2c1. The number of nitrogens with zero attached hydrogens (tertiary/aromatic N) is 5. The van der Waals surface area contributed by atoms with E-state index in [0.29, 0.717) is 0 Å². The molecule has 0 radical (unpaired) electrons. The van der Waals surface area contributed by atoms with Crippen molar-refractivity contribution in [3.05, 3.63) is 48.7 Å². The number of aromatic nitrogens is 3. The summed E-state index contributed by atoms with van der Waals surface area (Å²) in [6, 6.07) is 15.5. The van der Waals surface area contributed by atoms with Gasteiger partial charge in [-0.15, -0.1) is 5.10 Å². The second-order valence-corrected chi connectivity index (χ2v) is 7.63. The molecule has 3 aromatic rings. The van der Waals surface area contributed by atoms with Crippen LogP contribution in [0.1, 0.15) is 25.7 Å². The Balaban J connectivity index is 1.38. The first-order valence-corrected chi connectivity index (χ1v) is 10.1. The standard InChI is InChI=1S/C22H25N5/c1-2-8-19-17(6-1)7-5-9-20(19)21-16-23-25-22(24-21)27-14-10-18(11-15-27)26-12-3-4-13-26/h1-2,5-9,16,18H,3-4,10-15H2. The molecule has 5 rings (SSSR count). The van der Waals surface area contributed by atoms with Gasteiger partial charge in [-0.05, 0) is 49.5 Å². The lowest BCUT2D eigenvalue weighted by Gasteiger charge is -2.36. The Hall–Kier alpha value is -2.53. The highest BCUT2D eigenvalue weighted by Crippen LogP contribution is 2.28. The molecular weight excluding hydrogens is 334 g/mol. The maximum absolute atomic E-state index is 4.88. The molecule has 2 aliphatic rings. The van der Waals surface area contributed by atoms with Gasteiger partial charge in [-0.3, -0.25) is 0 Å². The molecule has 0 aliphatic carbocycles. The zero-order valence-electron chi connectivity index (χ0n) is 15.6. The lowest BCUT2D eigenvalue weighted by Crippen LogP contribution is -2.44. The Labute approximate surface area is 160 Å². The quantitative estimate of drug-likeness (QED) is 0.712. The van der Waals surface area contributed by atoms with Crippen LogP contribution in [0.2, 0.25) is 0 Å². The van der Waals surface area contributed by atoms with Crippen LogP contribution in [-0.2, 0) is 0 Å². The molecule has 2 aromatic carbocycles. The van der Waals surface area contributed by atoms with Gasteiger partial charge in [0.15, 0.2) is 0 Å². The molecule has 5 nitrogen and oxygen atoms in total. The van der Waals surface area contributed by atoms with Crippen molar-refractivity contribution in [3.8, 4) is 11.3 Å². The van der Waals surface area contributed by atoms with Gasteiger partial charge in [-0.1, -0.05) is 42.5 Å². The molecule has 2 saturated heterocycles. The summed E-state index contributed by atoms with van der Waals surface area (Å²) in [5.41, 5.74) is 2.02. The molecule has 0 bridgehead atoms. The van der Waals surface area contributed by atoms with E-state index in [0.717, 1.165) is 36.3 Å². The van der Waals surface area contributed by atoms with E-state index in [1.54, 1.807) is 6.20 Å². The van der Waals surface area contributed by atoms with E-state index >= 15 is 0 Å². The van der Waals surface area contributed by atoms with Gasteiger partial charge in [0.25, 0.3) is 0 Å². The molecule has 27 heavy (non-hydrogen) atoms. The summed E-state index contributed by atoms with van der Waals surface area (Å²) in [5.74, 6) is 0.764. The molecule has 0 amide bonds. The van der Waals surface area contributed by atoms with Crippen LogP contribution >= 0.6 is 0 Å². The maximum Gasteiger partial charge on any atom is 0.245 e. The summed E-state index contributed by atoms with van der Waals surface area (Å²) in [5, 5.41) is 11.0. The van der Waals surface area contributed by atoms with Crippen LogP contribution in [0.4, 0.5) is 5.95 Å². The van der Waals surface area contributed by atoms with Gasteiger partial charge < -0.3 is 9.80 Å². The molecule has 0 unspecified atom stereocenters. The van der Waals surface area contributed by atoms with Crippen LogP contribution < -0.4 is 4.90 Å². The van der Waals surface area contributed by atoms with E-state index in [1.165, 1.54) is 49.5 Å². The van der Waals surface area contributed by atoms with E-state index in [9.17, 15) is 0 Å². The first-order valence-electron chi connectivity index (χ1n) is 10.1. The van der Waals surface area contributed by atoms with Crippen LogP contribution in [0.5, 0.6) is 0 Å². The molecule has 0 saturated carbocycles. The minimum absolute atomic E-state index is 0.734. The fraction of sp³-hybridized carbons (Fsp3) is 0.409. The molecule has 2 fully saturated rings. The third-order valence-corrected chi connectivity index (χ3v) is 6.02. The highest BCUT2D eigenvalue weighted by atomic mass is 15.3. The maximum atomic E-state index is 4.88. The van der Waals surface area contributed by atoms with Gasteiger partial charge in [0.2, 0.25) is 5.95 Å². The average Bonchev–Trinajstić information content (AvgIpc) is 3.28. The number of benzene rings is 2. The minimum Gasteiger partial charge on any atom is -0.339 e. The Morgan fingerprint density at radius 1 is 0.852 bits per heavy atom. The van der Waals surface area contributed by atoms with Crippen molar-refractivity contribution in [1.82, 2.24) is 20.1 Å². The van der Waals surface area contributed by atoms with Crippen LogP contribution in [0.25, 0.3) is 22.0 Å². The van der Waals surface area contributed by atoms with Crippen molar-refractivity contribution < 1.29 is 0 Å².